The van der Waals surface area contributed by atoms with Crippen molar-refractivity contribution in [2.45, 2.75) is 44.2 Å². The molecule has 1 fully saturated rings. The van der Waals surface area contributed by atoms with E-state index >= 15 is 0 Å². The van der Waals surface area contributed by atoms with Crippen LogP contribution in [0.5, 0.6) is 0 Å². The molecule has 2 nitrogen and oxygen atoms in total. The van der Waals surface area contributed by atoms with Gasteiger partial charge in [-0.1, -0.05) is 24.3 Å². The molecule has 19 heavy (non-hydrogen) atoms. The fraction of sp³-hybridized carbons (Fsp3) is 0.438. The van der Waals surface area contributed by atoms with Gasteiger partial charge in [-0.3, -0.25) is 0 Å². The summed E-state index contributed by atoms with van der Waals surface area (Å²) in [6.07, 6.45) is 7.19. The van der Waals surface area contributed by atoms with E-state index in [1.54, 1.807) is 0 Å². The molecule has 1 aromatic heterocycles. The summed E-state index contributed by atoms with van der Waals surface area (Å²) in [7, 11) is 0. The molecule has 2 aromatic rings. The van der Waals surface area contributed by atoms with Crippen molar-refractivity contribution in [3.63, 3.8) is 0 Å². The van der Waals surface area contributed by atoms with Crippen LogP contribution in [0.3, 0.4) is 0 Å². The molecular weight excluding hydrogens is 252 g/mol. The largest absolute Gasteiger partial charge is 0.309 e. The molecule has 0 bridgehead atoms. The minimum atomic E-state index is 0.538. The molecule has 2 aliphatic carbocycles. The van der Waals surface area contributed by atoms with E-state index in [-0.39, 0.29) is 0 Å². The monoisotopic (exact) mass is 270 g/mol. The van der Waals surface area contributed by atoms with Crippen LogP contribution >= 0.6 is 11.3 Å². The number of thiazole rings is 1. The number of aryl methyl sites for hydroxylation is 1. The van der Waals surface area contributed by atoms with Gasteiger partial charge >= 0.3 is 0 Å². The Hall–Kier alpha value is -1.19. The van der Waals surface area contributed by atoms with Crippen LogP contribution in [0.4, 0.5) is 0 Å². The fourth-order valence-corrected chi connectivity index (χ4v) is 3.93. The van der Waals surface area contributed by atoms with Crippen LogP contribution in [0, 0.1) is 0 Å². The van der Waals surface area contributed by atoms with Crippen LogP contribution in [0.1, 0.15) is 46.2 Å². The van der Waals surface area contributed by atoms with Crippen molar-refractivity contribution in [3.8, 4) is 0 Å². The highest BCUT2D eigenvalue weighted by Crippen LogP contribution is 2.39. The summed E-state index contributed by atoms with van der Waals surface area (Å²) in [6.45, 7) is 0.997. The predicted molar refractivity (Wildman–Crippen MR) is 78.6 cm³/mol. The quantitative estimate of drug-likeness (QED) is 0.920. The van der Waals surface area contributed by atoms with E-state index in [2.05, 4.69) is 40.8 Å². The summed E-state index contributed by atoms with van der Waals surface area (Å²) in [5.74, 6) is 0.538. The molecule has 1 unspecified atom stereocenters. The number of hydrogen-bond acceptors (Lipinski definition) is 3. The molecule has 0 aliphatic heterocycles. The van der Waals surface area contributed by atoms with Crippen molar-refractivity contribution in [2.75, 3.05) is 0 Å². The topological polar surface area (TPSA) is 24.9 Å². The van der Waals surface area contributed by atoms with Gasteiger partial charge in [0.2, 0.25) is 0 Å². The number of nitrogens with one attached hydrogen (secondary N) is 1. The SMILES string of the molecule is c1ccc2c(c1)CCC2c1ncc(CNC2CC2)s1. The van der Waals surface area contributed by atoms with Gasteiger partial charge in [-0.2, -0.15) is 0 Å². The molecule has 0 amide bonds. The van der Waals surface area contributed by atoms with E-state index < -0.39 is 0 Å². The molecule has 1 aromatic carbocycles. The number of aromatic nitrogens is 1. The Morgan fingerprint density at radius 1 is 1.21 bits per heavy atom. The Morgan fingerprint density at radius 2 is 2.11 bits per heavy atom. The van der Waals surface area contributed by atoms with Gasteiger partial charge in [-0.05, 0) is 36.8 Å². The van der Waals surface area contributed by atoms with Gasteiger partial charge in [0.15, 0.2) is 0 Å². The van der Waals surface area contributed by atoms with Gasteiger partial charge in [0.05, 0.1) is 0 Å². The molecule has 98 valence electrons. The Balaban J connectivity index is 1.53. The third kappa shape index (κ3) is 2.33. The maximum Gasteiger partial charge on any atom is 0.100 e. The maximum absolute atomic E-state index is 4.67. The molecule has 3 heteroatoms. The van der Waals surface area contributed by atoms with E-state index in [0.29, 0.717) is 5.92 Å². The van der Waals surface area contributed by atoms with E-state index in [4.69, 9.17) is 0 Å². The highest BCUT2D eigenvalue weighted by molar-refractivity contribution is 7.11. The molecular formula is C16H18N2S. The Kier molecular flexibility index (Phi) is 2.89. The number of nitrogens with zero attached hydrogens (tertiary/aromatic N) is 1. The second kappa shape index (κ2) is 4.73. The number of rotatable bonds is 4. The van der Waals surface area contributed by atoms with Gasteiger partial charge in [-0.25, -0.2) is 4.98 Å². The summed E-state index contributed by atoms with van der Waals surface area (Å²) in [5.41, 5.74) is 3.01. The second-order valence-electron chi connectivity index (χ2n) is 5.61. The third-order valence-electron chi connectivity index (χ3n) is 4.14. The molecule has 1 saturated carbocycles. The van der Waals surface area contributed by atoms with Gasteiger partial charge in [0.25, 0.3) is 0 Å². The lowest BCUT2D eigenvalue weighted by atomic mass is 10.0. The van der Waals surface area contributed by atoms with E-state index in [1.165, 1.54) is 46.7 Å². The van der Waals surface area contributed by atoms with Crippen LogP contribution in [0.25, 0.3) is 0 Å². The zero-order valence-corrected chi connectivity index (χ0v) is 11.7. The second-order valence-corrected chi connectivity index (χ2v) is 6.76. The number of hydrogen-bond donors (Lipinski definition) is 1. The van der Waals surface area contributed by atoms with Crippen LogP contribution in [0.2, 0.25) is 0 Å². The minimum Gasteiger partial charge on any atom is -0.309 e. The number of fused-ring (bicyclic) bond motifs is 1. The Morgan fingerprint density at radius 3 is 3.00 bits per heavy atom. The molecule has 0 radical (unpaired) electrons. The first kappa shape index (κ1) is 11.6. The van der Waals surface area contributed by atoms with E-state index in [0.717, 1.165) is 12.6 Å². The third-order valence-corrected chi connectivity index (χ3v) is 5.26. The highest BCUT2D eigenvalue weighted by atomic mass is 32.1. The average molecular weight is 270 g/mol. The van der Waals surface area contributed by atoms with Crippen molar-refractivity contribution < 1.29 is 0 Å². The zero-order valence-electron chi connectivity index (χ0n) is 10.9. The summed E-state index contributed by atoms with van der Waals surface area (Å²) >= 11 is 1.89. The highest BCUT2D eigenvalue weighted by Gasteiger charge is 2.26. The van der Waals surface area contributed by atoms with Crippen LogP contribution < -0.4 is 5.32 Å². The molecule has 0 spiro atoms. The van der Waals surface area contributed by atoms with Gasteiger partial charge in [-0.15, -0.1) is 11.3 Å². The van der Waals surface area contributed by atoms with Crippen molar-refractivity contribution >= 4 is 11.3 Å². The van der Waals surface area contributed by atoms with Gasteiger partial charge in [0.1, 0.15) is 5.01 Å². The zero-order chi connectivity index (χ0) is 12.7. The summed E-state index contributed by atoms with van der Waals surface area (Å²) < 4.78 is 0. The Labute approximate surface area is 117 Å². The smallest absolute Gasteiger partial charge is 0.100 e. The van der Waals surface area contributed by atoms with Gasteiger partial charge in [0, 0.05) is 29.6 Å². The summed E-state index contributed by atoms with van der Waals surface area (Å²) in [4.78, 5) is 6.05. The van der Waals surface area contributed by atoms with Crippen molar-refractivity contribution in [3.05, 3.63) is 51.5 Å². The van der Waals surface area contributed by atoms with Crippen LogP contribution in [-0.4, -0.2) is 11.0 Å². The lowest BCUT2D eigenvalue weighted by Gasteiger charge is -2.07. The van der Waals surface area contributed by atoms with Crippen molar-refractivity contribution in [1.29, 1.82) is 0 Å². The van der Waals surface area contributed by atoms with Crippen LogP contribution in [0.15, 0.2) is 30.5 Å². The molecule has 1 atom stereocenters. The number of benzene rings is 1. The first-order valence-corrected chi connectivity index (χ1v) is 7.97. The molecule has 1 N–H and O–H groups in total. The summed E-state index contributed by atoms with van der Waals surface area (Å²) in [5, 5.41) is 4.87. The Bertz CT molecular complexity index is 586. The fourth-order valence-electron chi connectivity index (χ4n) is 2.91. The molecule has 0 saturated heterocycles. The maximum atomic E-state index is 4.67. The average Bonchev–Trinajstić information content (AvgIpc) is 3.00. The summed E-state index contributed by atoms with van der Waals surface area (Å²) in [6, 6.07) is 9.61. The first-order valence-electron chi connectivity index (χ1n) is 7.16. The van der Waals surface area contributed by atoms with E-state index in [1.807, 2.05) is 11.3 Å². The minimum absolute atomic E-state index is 0.538. The predicted octanol–water partition coefficient (Wildman–Crippen LogP) is 3.47. The molecule has 2 aliphatic rings. The van der Waals surface area contributed by atoms with Crippen molar-refractivity contribution in [1.82, 2.24) is 10.3 Å². The molecule has 1 heterocycles. The van der Waals surface area contributed by atoms with Crippen LogP contribution in [-0.2, 0) is 13.0 Å². The lowest BCUT2D eigenvalue weighted by molar-refractivity contribution is 0.694. The van der Waals surface area contributed by atoms with Gasteiger partial charge < -0.3 is 5.32 Å². The van der Waals surface area contributed by atoms with E-state index in [9.17, 15) is 0 Å². The standard InChI is InChI=1S/C16H18N2S/c1-2-4-14-11(3-1)5-8-15(14)16-18-10-13(19-16)9-17-12-6-7-12/h1-4,10,12,15,17H,5-9H2. The lowest BCUT2D eigenvalue weighted by Crippen LogP contribution is -2.14. The normalized spacial score (nSPS) is 21.6. The first-order chi connectivity index (χ1) is 9.40. The molecule has 4 rings (SSSR count). The van der Waals surface area contributed by atoms with Crippen molar-refractivity contribution in [2.24, 2.45) is 0 Å².